The van der Waals surface area contributed by atoms with Crippen LogP contribution in [0.4, 0.5) is 11.4 Å². The SMILES string of the molecule is COC1CCN(c2ccc(S(C)(=O)=O)cc2N)CC1. The van der Waals surface area contributed by atoms with Gasteiger partial charge in [0, 0.05) is 26.5 Å². The van der Waals surface area contributed by atoms with Gasteiger partial charge in [0.15, 0.2) is 9.84 Å². The van der Waals surface area contributed by atoms with Crippen molar-refractivity contribution in [2.45, 2.75) is 23.8 Å². The summed E-state index contributed by atoms with van der Waals surface area (Å²) in [5.41, 5.74) is 7.40. The first-order valence-electron chi connectivity index (χ1n) is 6.29. The van der Waals surface area contributed by atoms with Gasteiger partial charge in [-0.15, -0.1) is 0 Å². The first-order chi connectivity index (χ1) is 8.91. The van der Waals surface area contributed by atoms with E-state index >= 15 is 0 Å². The fourth-order valence-corrected chi connectivity index (χ4v) is 3.04. The Morgan fingerprint density at radius 2 is 1.95 bits per heavy atom. The maximum atomic E-state index is 11.5. The predicted octanol–water partition coefficient (Wildman–Crippen LogP) is 1.29. The quantitative estimate of drug-likeness (QED) is 0.847. The summed E-state index contributed by atoms with van der Waals surface area (Å²) < 4.78 is 28.3. The fraction of sp³-hybridized carbons (Fsp3) is 0.538. The van der Waals surface area contributed by atoms with Crippen LogP contribution in [0.25, 0.3) is 0 Å². The number of nitrogen functional groups attached to an aromatic ring is 1. The lowest BCUT2D eigenvalue weighted by Crippen LogP contribution is -2.37. The lowest BCUT2D eigenvalue weighted by atomic mass is 10.1. The Morgan fingerprint density at radius 1 is 1.32 bits per heavy atom. The van der Waals surface area contributed by atoms with Crippen LogP contribution in [0.15, 0.2) is 23.1 Å². The lowest BCUT2D eigenvalue weighted by molar-refractivity contribution is 0.0819. The monoisotopic (exact) mass is 284 g/mol. The number of benzene rings is 1. The molecule has 1 heterocycles. The molecule has 1 fully saturated rings. The summed E-state index contributed by atoms with van der Waals surface area (Å²) in [6.07, 6.45) is 3.42. The summed E-state index contributed by atoms with van der Waals surface area (Å²) in [7, 11) is -1.47. The van der Waals surface area contributed by atoms with E-state index < -0.39 is 9.84 Å². The number of ether oxygens (including phenoxy) is 1. The van der Waals surface area contributed by atoms with Crippen LogP contribution in [-0.2, 0) is 14.6 Å². The molecule has 5 nitrogen and oxygen atoms in total. The molecular weight excluding hydrogens is 264 g/mol. The van der Waals surface area contributed by atoms with E-state index in [0.717, 1.165) is 31.6 Å². The van der Waals surface area contributed by atoms with Crippen LogP contribution in [0.3, 0.4) is 0 Å². The van der Waals surface area contributed by atoms with Crippen molar-refractivity contribution >= 4 is 21.2 Å². The van der Waals surface area contributed by atoms with E-state index in [4.69, 9.17) is 10.5 Å². The summed E-state index contributed by atoms with van der Waals surface area (Å²) in [4.78, 5) is 2.44. The number of hydrogen-bond donors (Lipinski definition) is 1. The molecule has 0 unspecified atom stereocenters. The van der Waals surface area contributed by atoms with Crippen molar-refractivity contribution in [2.75, 3.05) is 37.1 Å². The maximum absolute atomic E-state index is 11.5. The Morgan fingerprint density at radius 3 is 2.42 bits per heavy atom. The molecule has 6 heteroatoms. The van der Waals surface area contributed by atoms with Crippen molar-refractivity contribution in [3.63, 3.8) is 0 Å². The molecule has 1 aliphatic heterocycles. The van der Waals surface area contributed by atoms with Gasteiger partial charge < -0.3 is 15.4 Å². The van der Waals surface area contributed by atoms with Gasteiger partial charge in [-0.3, -0.25) is 0 Å². The zero-order valence-electron chi connectivity index (χ0n) is 11.3. The first kappa shape index (κ1) is 14.1. The number of anilines is 2. The molecule has 0 spiro atoms. The molecular formula is C13H20N2O3S. The van der Waals surface area contributed by atoms with Crippen LogP contribution in [0.2, 0.25) is 0 Å². The molecule has 0 saturated carbocycles. The molecule has 0 bridgehead atoms. The number of hydrogen-bond acceptors (Lipinski definition) is 5. The highest BCUT2D eigenvalue weighted by atomic mass is 32.2. The summed E-state index contributed by atoms with van der Waals surface area (Å²) in [6, 6.07) is 4.94. The Hall–Kier alpha value is -1.27. The molecule has 0 aromatic heterocycles. The van der Waals surface area contributed by atoms with Crippen LogP contribution in [0.5, 0.6) is 0 Å². The average Bonchev–Trinajstić information content (AvgIpc) is 2.38. The average molecular weight is 284 g/mol. The predicted molar refractivity (Wildman–Crippen MR) is 76.2 cm³/mol. The van der Waals surface area contributed by atoms with Gasteiger partial charge >= 0.3 is 0 Å². The van der Waals surface area contributed by atoms with Crippen molar-refractivity contribution < 1.29 is 13.2 Å². The van der Waals surface area contributed by atoms with E-state index in [9.17, 15) is 8.42 Å². The fourth-order valence-electron chi connectivity index (χ4n) is 2.38. The third kappa shape index (κ3) is 3.19. The van der Waals surface area contributed by atoms with E-state index in [2.05, 4.69) is 4.90 Å². The second kappa shape index (κ2) is 5.38. The lowest BCUT2D eigenvalue weighted by Gasteiger charge is -2.33. The highest BCUT2D eigenvalue weighted by Crippen LogP contribution is 2.29. The highest BCUT2D eigenvalue weighted by Gasteiger charge is 2.21. The van der Waals surface area contributed by atoms with Gasteiger partial charge in [-0.05, 0) is 31.0 Å². The number of piperidine rings is 1. The minimum Gasteiger partial charge on any atom is -0.397 e. The number of nitrogens with zero attached hydrogens (tertiary/aromatic N) is 1. The van der Waals surface area contributed by atoms with Crippen molar-refractivity contribution in [1.29, 1.82) is 0 Å². The van der Waals surface area contributed by atoms with E-state index in [1.807, 2.05) is 0 Å². The van der Waals surface area contributed by atoms with Gasteiger partial charge in [0.25, 0.3) is 0 Å². The topological polar surface area (TPSA) is 72.6 Å². The molecule has 0 radical (unpaired) electrons. The standard InChI is InChI=1S/C13H20N2O3S/c1-18-10-5-7-15(8-6-10)13-4-3-11(9-12(13)14)19(2,16)17/h3-4,9-10H,5-8,14H2,1-2H3. The van der Waals surface area contributed by atoms with Crippen molar-refractivity contribution in [1.82, 2.24) is 0 Å². The molecule has 19 heavy (non-hydrogen) atoms. The minimum absolute atomic E-state index is 0.264. The summed E-state index contributed by atoms with van der Waals surface area (Å²) in [6.45, 7) is 1.75. The Labute approximate surface area is 114 Å². The van der Waals surface area contributed by atoms with E-state index in [-0.39, 0.29) is 4.90 Å². The van der Waals surface area contributed by atoms with Gasteiger partial charge in [0.1, 0.15) is 0 Å². The van der Waals surface area contributed by atoms with Gasteiger partial charge in [-0.2, -0.15) is 0 Å². The largest absolute Gasteiger partial charge is 0.397 e. The molecule has 0 amide bonds. The minimum atomic E-state index is -3.20. The third-order valence-corrected chi connectivity index (χ3v) is 4.65. The first-order valence-corrected chi connectivity index (χ1v) is 8.18. The molecule has 1 aliphatic rings. The van der Waals surface area contributed by atoms with E-state index in [1.54, 1.807) is 19.2 Å². The zero-order valence-corrected chi connectivity index (χ0v) is 12.1. The smallest absolute Gasteiger partial charge is 0.175 e. The van der Waals surface area contributed by atoms with Gasteiger partial charge in [-0.25, -0.2) is 8.42 Å². The van der Waals surface area contributed by atoms with Crippen LogP contribution in [-0.4, -0.2) is 41.0 Å². The van der Waals surface area contributed by atoms with E-state index in [0.29, 0.717) is 11.8 Å². The molecule has 1 aromatic rings. The van der Waals surface area contributed by atoms with Gasteiger partial charge in [0.05, 0.1) is 22.4 Å². The summed E-state index contributed by atoms with van der Waals surface area (Å²) >= 11 is 0. The number of methoxy groups -OCH3 is 1. The number of sulfone groups is 1. The van der Waals surface area contributed by atoms with Crippen LogP contribution >= 0.6 is 0 Å². The van der Waals surface area contributed by atoms with Crippen molar-refractivity contribution in [3.05, 3.63) is 18.2 Å². The number of rotatable bonds is 3. The van der Waals surface area contributed by atoms with Crippen molar-refractivity contribution in [2.24, 2.45) is 0 Å². The molecule has 106 valence electrons. The molecule has 0 aliphatic carbocycles. The Kier molecular flexibility index (Phi) is 4.01. The summed E-state index contributed by atoms with van der Waals surface area (Å²) in [5, 5.41) is 0. The summed E-state index contributed by atoms with van der Waals surface area (Å²) in [5.74, 6) is 0. The van der Waals surface area contributed by atoms with Gasteiger partial charge in [-0.1, -0.05) is 0 Å². The Bertz CT molecular complexity index is 549. The van der Waals surface area contributed by atoms with Crippen LogP contribution in [0.1, 0.15) is 12.8 Å². The number of nitrogens with two attached hydrogens (primary N) is 1. The second-order valence-electron chi connectivity index (χ2n) is 4.91. The molecule has 1 aromatic carbocycles. The molecule has 0 atom stereocenters. The second-order valence-corrected chi connectivity index (χ2v) is 6.93. The van der Waals surface area contributed by atoms with Crippen LogP contribution < -0.4 is 10.6 Å². The molecule has 2 rings (SSSR count). The van der Waals surface area contributed by atoms with Crippen molar-refractivity contribution in [3.8, 4) is 0 Å². The van der Waals surface area contributed by atoms with Gasteiger partial charge in [0.2, 0.25) is 0 Å². The maximum Gasteiger partial charge on any atom is 0.175 e. The third-order valence-electron chi connectivity index (χ3n) is 3.54. The molecule has 2 N–H and O–H groups in total. The molecule has 1 saturated heterocycles. The highest BCUT2D eigenvalue weighted by molar-refractivity contribution is 7.90. The van der Waals surface area contributed by atoms with E-state index in [1.165, 1.54) is 12.3 Å². The van der Waals surface area contributed by atoms with Crippen LogP contribution in [0, 0.1) is 0 Å². The Balaban J connectivity index is 2.18. The zero-order chi connectivity index (χ0) is 14.0. The normalized spacial score (nSPS) is 17.7.